The molecule has 0 aromatic carbocycles. The first-order valence-electron chi connectivity index (χ1n) is 7.44. The third kappa shape index (κ3) is 4.38. The molecule has 8 nitrogen and oxygen atoms in total. The molecule has 8 heteroatoms. The Hall–Kier alpha value is -2.22. The van der Waals surface area contributed by atoms with Crippen LogP contribution >= 0.6 is 0 Å². The van der Waals surface area contributed by atoms with Crippen molar-refractivity contribution in [1.29, 1.82) is 0 Å². The second kappa shape index (κ2) is 6.49. The predicted octanol–water partition coefficient (Wildman–Crippen LogP) is 1.42. The third-order valence-electron chi connectivity index (χ3n) is 3.25. The van der Waals surface area contributed by atoms with E-state index in [2.05, 4.69) is 41.2 Å². The fourth-order valence-electron chi connectivity index (χ4n) is 1.99. The molecule has 2 rings (SSSR count). The maximum absolute atomic E-state index is 12.3. The molecule has 0 saturated heterocycles. The van der Waals surface area contributed by atoms with Crippen LogP contribution in [0.5, 0.6) is 0 Å². The summed E-state index contributed by atoms with van der Waals surface area (Å²) in [5.41, 5.74) is 1.78. The SMILES string of the molecule is CN(C)Cc1nnc(C(=O)N(C)Cc2cc(C(C)(C)C)n[nH]2)o1. The molecule has 0 atom stereocenters. The van der Waals surface area contributed by atoms with Gasteiger partial charge in [0, 0.05) is 12.5 Å². The maximum atomic E-state index is 12.3. The number of hydrogen-bond donors (Lipinski definition) is 1. The Bertz CT molecular complexity index is 668. The normalized spacial score (nSPS) is 12.0. The molecule has 0 radical (unpaired) electrons. The molecule has 0 fully saturated rings. The van der Waals surface area contributed by atoms with Crippen LogP contribution in [0.25, 0.3) is 0 Å². The number of nitrogens with one attached hydrogen (secondary N) is 1. The molecule has 126 valence electrons. The highest BCUT2D eigenvalue weighted by atomic mass is 16.4. The van der Waals surface area contributed by atoms with Crippen LogP contribution < -0.4 is 0 Å². The first-order chi connectivity index (χ1) is 10.7. The number of hydrogen-bond acceptors (Lipinski definition) is 6. The zero-order valence-electron chi connectivity index (χ0n) is 14.5. The molecule has 0 aliphatic heterocycles. The number of amides is 1. The first kappa shape index (κ1) is 17.1. The standard InChI is InChI=1S/C15H24N6O2/c1-15(2,3)11-7-10(16-17-11)8-21(6)14(22)13-19-18-12(23-13)9-20(4)5/h7H,8-9H2,1-6H3,(H,16,17). The van der Waals surface area contributed by atoms with Gasteiger partial charge in [-0.15, -0.1) is 10.2 Å². The van der Waals surface area contributed by atoms with E-state index in [1.165, 1.54) is 4.90 Å². The van der Waals surface area contributed by atoms with Crippen LogP contribution in [-0.2, 0) is 18.5 Å². The van der Waals surface area contributed by atoms with Crippen molar-refractivity contribution in [3.05, 3.63) is 29.2 Å². The zero-order chi connectivity index (χ0) is 17.2. The Morgan fingerprint density at radius 3 is 2.48 bits per heavy atom. The molecular formula is C15H24N6O2. The van der Waals surface area contributed by atoms with Crippen molar-refractivity contribution >= 4 is 5.91 Å². The quantitative estimate of drug-likeness (QED) is 0.896. The van der Waals surface area contributed by atoms with Gasteiger partial charge in [0.1, 0.15) is 0 Å². The lowest BCUT2D eigenvalue weighted by atomic mass is 9.92. The number of aromatic nitrogens is 4. The Kier molecular flexibility index (Phi) is 4.84. The molecule has 0 spiro atoms. The van der Waals surface area contributed by atoms with Crippen LogP contribution in [0, 0.1) is 0 Å². The molecule has 0 aliphatic rings. The minimum atomic E-state index is -0.311. The van der Waals surface area contributed by atoms with E-state index in [4.69, 9.17) is 4.42 Å². The fraction of sp³-hybridized carbons (Fsp3) is 0.600. The van der Waals surface area contributed by atoms with Gasteiger partial charge < -0.3 is 14.2 Å². The minimum absolute atomic E-state index is 0.0000832. The summed E-state index contributed by atoms with van der Waals surface area (Å²) in [4.78, 5) is 15.7. The number of carbonyl (C=O) groups excluding carboxylic acids is 1. The van der Waals surface area contributed by atoms with Gasteiger partial charge in [-0.3, -0.25) is 9.89 Å². The zero-order valence-corrected chi connectivity index (χ0v) is 14.5. The van der Waals surface area contributed by atoms with Crippen LogP contribution in [0.2, 0.25) is 0 Å². The summed E-state index contributed by atoms with van der Waals surface area (Å²) >= 11 is 0. The van der Waals surface area contributed by atoms with E-state index in [0.29, 0.717) is 19.0 Å². The van der Waals surface area contributed by atoms with E-state index < -0.39 is 0 Å². The molecule has 2 aromatic heterocycles. The summed E-state index contributed by atoms with van der Waals surface area (Å²) in [5.74, 6) is 0.109. The van der Waals surface area contributed by atoms with Crippen LogP contribution in [0.15, 0.2) is 10.5 Å². The highest BCUT2D eigenvalue weighted by Crippen LogP contribution is 2.20. The summed E-state index contributed by atoms with van der Waals surface area (Å²) in [6.45, 7) is 7.17. The molecule has 1 N–H and O–H groups in total. The van der Waals surface area contributed by atoms with Crippen molar-refractivity contribution in [3.63, 3.8) is 0 Å². The Balaban J connectivity index is 2.02. The van der Waals surface area contributed by atoms with Gasteiger partial charge in [-0.2, -0.15) is 5.10 Å². The summed E-state index contributed by atoms with van der Waals surface area (Å²) < 4.78 is 5.39. The van der Waals surface area contributed by atoms with Gasteiger partial charge >= 0.3 is 11.8 Å². The van der Waals surface area contributed by atoms with Gasteiger partial charge in [-0.25, -0.2) is 0 Å². The number of H-pyrrole nitrogens is 1. The second-order valence-corrected chi connectivity index (χ2v) is 6.93. The highest BCUT2D eigenvalue weighted by molar-refractivity contribution is 5.89. The van der Waals surface area contributed by atoms with Crippen molar-refractivity contribution in [1.82, 2.24) is 30.2 Å². The van der Waals surface area contributed by atoms with Crippen molar-refractivity contribution in [3.8, 4) is 0 Å². The largest absolute Gasteiger partial charge is 0.415 e. The van der Waals surface area contributed by atoms with Crippen molar-refractivity contribution in [2.75, 3.05) is 21.1 Å². The average molecular weight is 320 g/mol. The van der Waals surface area contributed by atoms with Gasteiger partial charge in [0.05, 0.1) is 24.5 Å². The average Bonchev–Trinajstić information content (AvgIpc) is 3.05. The molecule has 2 aromatic rings. The van der Waals surface area contributed by atoms with Crippen LogP contribution in [0.3, 0.4) is 0 Å². The number of aromatic amines is 1. The van der Waals surface area contributed by atoms with E-state index >= 15 is 0 Å². The Labute approximate surface area is 135 Å². The highest BCUT2D eigenvalue weighted by Gasteiger charge is 2.22. The topological polar surface area (TPSA) is 91.2 Å². The number of rotatable bonds is 5. The lowest BCUT2D eigenvalue weighted by Gasteiger charge is -2.14. The molecule has 0 unspecified atom stereocenters. The van der Waals surface area contributed by atoms with Crippen LogP contribution in [0.4, 0.5) is 0 Å². The monoisotopic (exact) mass is 320 g/mol. The van der Waals surface area contributed by atoms with Crippen LogP contribution in [0.1, 0.15) is 48.7 Å². The molecule has 2 heterocycles. The van der Waals surface area contributed by atoms with Gasteiger partial charge in [-0.05, 0) is 20.2 Å². The van der Waals surface area contributed by atoms with Gasteiger partial charge in [0.2, 0.25) is 5.89 Å². The van der Waals surface area contributed by atoms with E-state index in [1.54, 1.807) is 7.05 Å². The molecule has 0 saturated carbocycles. The lowest BCUT2D eigenvalue weighted by molar-refractivity contribution is 0.0740. The summed E-state index contributed by atoms with van der Waals surface area (Å²) in [7, 11) is 5.47. The maximum Gasteiger partial charge on any atom is 0.311 e. The van der Waals surface area contributed by atoms with Crippen molar-refractivity contribution in [2.45, 2.75) is 39.3 Å². The van der Waals surface area contributed by atoms with Gasteiger partial charge in [-0.1, -0.05) is 20.8 Å². The fourth-order valence-corrected chi connectivity index (χ4v) is 1.99. The smallest absolute Gasteiger partial charge is 0.311 e. The molecule has 0 bridgehead atoms. The summed E-state index contributed by atoms with van der Waals surface area (Å²) in [6.07, 6.45) is 0. The van der Waals surface area contributed by atoms with Crippen molar-refractivity contribution < 1.29 is 9.21 Å². The van der Waals surface area contributed by atoms with Crippen LogP contribution in [-0.4, -0.2) is 57.2 Å². The minimum Gasteiger partial charge on any atom is -0.415 e. The number of nitrogens with zero attached hydrogens (tertiary/aromatic N) is 5. The third-order valence-corrected chi connectivity index (χ3v) is 3.25. The van der Waals surface area contributed by atoms with Gasteiger partial charge in [0.25, 0.3) is 0 Å². The van der Waals surface area contributed by atoms with Gasteiger partial charge in [0.15, 0.2) is 0 Å². The molecule has 0 aliphatic carbocycles. The van der Waals surface area contributed by atoms with E-state index in [1.807, 2.05) is 25.1 Å². The summed E-state index contributed by atoms with van der Waals surface area (Å²) in [5, 5.41) is 14.9. The Morgan fingerprint density at radius 1 is 1.22 bits per heavy atom. The molecule has 23 heavy (non-hydrogen) atoms. The van der Waals surface area contributed by atoms with Crippen molar-refractivity contribution in [2.24, 2.45) is 0 Å². The number of carbonyl (C=O) groups is 1. The second-order valence-electron chi connectivity index (χ2n) is 6.93. The molecule has 1 amide bonds. The summed E-state index contributed by atoms with van der Waals surface area (Å²) in [6, 6.07) is 1.97. The van der Waals surface area contributed by atoms with E-state index in [9.17, 15) is 4.79 Å². The first-order valence-corrected chi connectivity index (χ1v) is 7.44. The lowest BCUT2D eigenvalue weighted by Crippen LogP contribution is -2.26. The molecular weight excluding hydrogens is 296 g/mol. The Morgan fingerprint density at radius 2 is 1.91 bits per heavy atom. The van der Waals surface area contributed by atoms with E-state index in [-0.39, 0.29) is 17.2 Å². The van der Waals surface area contributed by atoms with E-state index in [0.717, 1.165) is 11.4 Å². The predicted molar refractivity (Wildman–Crippen MR) is 84.8 cm³/mol.